The van der Waals surface area contributed by atoms with E-state index in [4.69, 9.17) is 10.5 Å². The van der Waals surface area contributed by atoms with E-state index in [9.17, 15) is 9.59 Å². The molecule has 8 heteroatoms. The summed E-state index contributed by atoms with van der Waals surface area (Å²) in [5.41, 5.74) is 7.47. The minimum atomic E-state index is -0.240. The zero-order valence-electron chi connectivity index (χ0n) is 15.6. The van der Waals surface area contributed by atoms with Crippen LogP contribution in [0.5, 0.6) is 5.75 Å². The number of rotatable bonds is 6. The molecular formula is C20H24ClN3O3S. The van der Waals surface area contributed by atoms with Gasteiger partial charge in [-0.05, 0) is 43.2 Å². The van der Waals surface area contributed by atoms with E-state index in [1.807, 2.05) is 23.1 Å². The molecule has 1 saturated heterocycles. The van der Waals surface area contributed by atoms with Crippen LogP contribution in [0.2, 0.25) is 0 Å². The van der Waals surface area contributed by atoms with Crippen molar-refractivity contribution in [3.8, 4) is 5.75 Å². The third kappa shape index (κ3) is 5.33. The molecule has 3 rings (SSSR count). The molecule has 0 unspecified atom stereocenters. The molecule has 1 fully saturated rings. The lowest BCUT2D eigenvalue weighted by molar-refractivity contribution is -0.127. The quantitative estimate of drug-likeness (QED) is 0.549. The fraction of sp³-hybridized carbons (Fsp3) is 0.300. The van der Waals surface area contributed by atoms with Crippen LogP contribution in [0.15, 0.2) is 47.4 Å². The van der Waals surface area contributed by atoms with Gasteiger partial charge in [0.25, 0.3) is 5.91 Å². The number of nitrogen functional groups attached to an aromatic ring is 1. The summed E-state index contributed by atoms with van der Waals surface area (Å²) in [5.74, 6) is 0.774. The highest BCUT2D eigenvalue weighted by molar-refractivity contribution is 8.00. The van der Waals surface area contributed by atoms with Gasteiger partial charge in [0.2, 0.25) is 5.91 Å². The first-order valence-corrected chi connectivity index (χ1v) is 9.81. The largest absolute Gasteiger partial charge is 0.495 e. The lowest BCUT2D eigenvalue weighted by Gasteiger charge is -2.15. The van der Waals surface area contributed by atoms with Crippen molar-refractivity contribution in [3.63, 3.8) is 0 Å². The Bertz CT molecular complexity index is 841. The maximum absolute atomic E-state index is 12.7. The third-order valence-corrected chi connectivity index (χ3v) is 5.49. The van der Waals surface area contributed by atoms with Crippen molar-refractivity contribution in [3.05, 3.63) is 48.0 Å². The third-order valence-electron chi connectivity index (χ3n) is 4.43. The number of anilines is 2. The number of likely N-dealkylation sites (tertiary alicyclic amines) is 1. The van der Waals surface area contributed by atoms with Crippen molar-refractivity contribution in [2.75, 3.05) is 37.0 Å². The molecule has 0 aromatic heterocycles. The van der Waals surface area contributed by atoms with Gasteiger partial charge in [-0.25, -0.2) is 0 Å². The van der Waals surface area contributed by atoms with E-state index < -0.39 is 0 Å². The van der Waals surface area contributed by atoms with E-state index in [1.165, 1.54) is 11.8 Å². The number of halogens is 1. The van der Waals surface area contributed by atoms with Crippen molar-refractivity contribution >= 4 is 47.4 Å². The first-order chi connectivity index (χ1) is 13.1. The second-order valence-corrected chi connectivity index (χ2v) is 7.30. The van der Waals surface area contributed by atoms with E-state index in [0.717, 1.165) is 30.8 Å². The van der Waals surface area contributed by atoms with E-state index >= 15 is 0 Å². The number of ether oxygens (including phenoxy) is 1. The number of hydrogen-bond donors (Lipinski definition) is 2. The summed E-state index contributed by atoms with van der Waals surface area (Å²) in [6.45, 7) is 1.67. The number of carbonyl (C=O) groups excluding carboxylic acids is 2. The van der Waals surface area contributed by atoms with Crippen molar-refractivity contribution in [2.45, 2.75) is 17.7 Å². The second-order valence-electron chi connectivity index (χ2n) is 6.28. The van der Waals surface area contributed by atoms with Crippen molar-refractivity contribution in [1.29, 1.82) is 0 Å². The zero-order valence-corrected chi connectivity index (χ0v) is 17.3. The summed E-state index contributed by atoms with van der Waals surface area (Å²) >= 11 is 1.39. The second kappa shape index (κ2) is 10.2. The molecule has 1 heterocycles. The highest BCUT2D eigenvalue weighted by atomic mass is 35.5. The van der Waals surface area contributed by atoms with E-state index in [-0.39, 0.29) is 24.2 Å². The molecule has 0 spiro atoms. The Labute approximate surface area is 175 Å². The molecular weight excluding hydrogens is 398 g/mol. The molecule has 28 heavy (non-hydrogen) atoms. The lowest BCUT2D eigenvalue weighted by Crippen LogP contribution is -2.29. The molecule has 0 atom stereocenters. The highest BCUT2D eigenvalue weighted by Gasteiger charge is 2.19. The SMILES string of the molecule is COc1ccc(NC(=O)c2ccccc2SCC(=O)N2CCCC2)cc1N.Cl. The van der Waals surface area contributed by atoms with Crippen molar-refractivity contribution in [2.24, 2.45) is 0 Å². The van der Waals surface area contributed by atoms with Crippen molar-refractivity contribution in [1.82, 2.24) is 4.90 Å². The van der Waals surface area contributed by atoms with Gasteiger partial charge in [-0.2, -0.15) is 0 Å². The monoisotopic (exact) mass is 421 g/mol. The van der Waals surface area contributed by atoms with E-state index in [2.05, 4.69) is 5.32 Å². The van der Waals surface area contributed by atoms with Gasteiger partial charge < -0.3 is 20.7 Å². The minimum Gasteiger partial charge on any atom is -0.495 e. The van der Waals surface area contributed by atoms with Crippen LogP contribution in [-0.4, -0.2) is 42.7 Å². The van der Waals surface area contributed by atoms with Gasteiger partial charge in [0.15, 0.2) is 0 Å². The molecule has 2 aromatic carbocycles. The normalized spacial score (nSPS) is 13.0. The number of nitrogens with one attached hydrogen (secondary N) is 1. The molecule has 1 aliphatic heterocycles. The Kier molecular flexibility index (Phi) is 8.02. The van der Waals surface area contributed by atoms with Gasteiger partial charge in [0.05, 0.1) is 24.1 Å². The van der Waals surface area contributed by atoms with E-state index in [1.54, 1.807) is 31.4 Å². The standard InChI is InChI=1S/C20H23N3O3S.ClH/c1-26-17-9-8-14(12-16(17)21)22-20(25)15-6-2-3-7-18(15)27-13-19(24)23-10-4-5-11-23;/h2-3,6-9,12H,4-5,10-11,13,21H2,1H3,(H,22,25);1H. The molecule has 0 aliphatic carbocycles. The number of hydrogen-bond acceptors (Lipinski definition) is 5. The highest BCUT2D eigenvalue weighted by Crippen LogP contribution is 2.27. The van der Waals surface area contributed by atoms with Gasteiger partial charge in [-0.3, -0.25) is 9.59 Å². The fourth-order valence-electron chi connectivity index (χ4n) is 2.99. The summed E-state index contributed by atoms with van der Waals surface area (Å²) in [4.78, 5) is 27.6. The van der Waals surface area contributed by atoms with E-state index in [0.29, 0.717) is 28.4 Å². The maximum atomic E-state index is 12.7. The summed E-state index contributed by atoms with van der Waals surface area (Å²) in [7, 11) is 1.54. The van der Waals surface area contributed by atoms with Crippen LogP contribution in [0, 0.1) is 0 Å². The van der Waals surface area contributed by atoms with Crippen LogP contribution >= 0.6 is 24.2 Å². The summed E-state index contributed by atoms with van der Waals surface area (Å²) in [6.07, 6.45) is 2.14. The Morgan fingerprint density at radius 2 is 1.89 bits per heavy atom. The molecule has 2 aromatic rings. The number of nitrogens with two attached hydrogens (primary N) is 1. The number of methoxy groups -OCH3 is 1. The molecule has 6 nitrogen and oxygen atoms in total. The molecule has 0 saturated carbocycles. The topological polar surface area (TPSA) is 84.7 Å². The molecule has 150 valence electrons. The predicted octanol–water partition coefficient (Wildman–Crippen LogP) is 3.67. The number of thioether (sulfide) groups is 1. The number of benzene rings is 2. The van der Waals surface area contributed by atoms with Gasteiger partial charge in [0.1, 0.15) is 5.75 Å². The number of carbonyl (C=O) groups is 2. The van der Waals surface area contributed by atoms with Crippen LogP contribution < -0.4 is 15.8 Å². The van der Waals surface area contributed by atoms with Crippen LogP contribution in [0.4, 0.5) is 11.4 Å². The van der Waals surface area contributed by atoms with Crippen LogP contribution in [0.3, 0.4) is 0 Å². The van der Waals surface area contributed by atoms with Crippen molar-refractivity contribution < 1.29 is 14.3 Å². The Morgan fingerprint density at radius 1 is 1.18 bits per heavy atom. The first-order valence-electron chi connectivity index (χ1n) is 8.83. The Balaban J connectivity index is 0.00000280. The average molecular weight is 422 g/mol. The predicted molar refractivity (Wildman–Crippen MR) is 116 cm³/mol. The van der Waals surface area contributed by atoms with Gasteiger partial charge in [0, 0.05) is 23.7 Å². The molecule has 2 amide bonds. The Hall–Kier alpha value is -2.38. The van der Waals surface area contributed by atoms with Gasteiger partial charge in [-0.15, -0.1) is 24.2 Å². The first kappa shape index (κ1) is 21.9. The molecule has 1 aliphatic rings. The van der Waals surface area contributed by atoms with Gasteiger partial charge in [-0.1, -0.05) is 12.1 Å². The lowest BCUT2D eigenvalue weighted by atomic mass is 10.2. The summed E-state index contributed by atoms with van der Waals surface area (Å²) < 4.78 is 5.13. The summed E-state index contributed by atoms with van der Waals surface area (Å²) in [5, 5.41) is 2.85. The number of nitrogens with zero attached hydrogens (tertiary/aromatic N) is 1. The van der Waals surface area contributed by atoms with Gasteiger partial charge >= 0.3 is 0 Å². The Morgan fingerprint density at radius 3 is 2.57 bits per heavy atom. The maximum Gasteiger partial charge on any atom is 0.256 e. The summed E-state index contributed by atoms with van der Waals surface area (Å²) in [6, 6.07) is 12.4. The molecule has 0 radical (unpaired) electrons. The van der Waals surface area contributed by atoms with Crippen LogP contribution in [0.1, 0.15) is 23.2 Å². The van der Waals surface area contributed by atoms with Crippen LogP contribution in [0.25, 0.3) is 0 Å². The van der Waals surface area contributed by atoms with Crippen LogP contribution in [-0.2, 0) is 4.79 Å². The smallest absolute Gasteiger partial charge is 0.256 e. The minimum absolute atomic E-state index is 0. The number of amides is 2. The fourth-order valence-corrected chi connectivity index (χ4v) is 3.94. The molecule has 0 bridgehead atoms. The average Bonchev–Trinajstić information content (AvgIpc) is 3.21. The molecule has 3 N–H and O–H groups in total. The zero-order chi connectivity index (χ0) is 19.2.